The summed E-state index contributed by atoms with van der Waals surface area (Å²) >= 11 is 0. The Hall–Kier alpha value is -3.02. The Morgan fingerprint density at radius 3 is 2.58 bits per heavy atom. The molecule has 0 saturated carbocycles. The van der Waals surface area contributed by atoms with E-state index in [1.807, 2.05) is 12.1 Å². The van der Waals surface area contributed by atoms with Gasteiger partial charge in [-0.15, -0.1) is 0 Å². The van der Waals surface area contributed by atoms with Crippen molar-refractivity contribution in [2.24, 2.45) is 5.10 Å². The van der Waals surface area contributed by atoms with Crippen molar-refractivity contribution in [3.63, 3.8) is 0 Å². The number of benzene rings is 2. The average molecular weight is 354 g/mol. The number of hydrazone groups is 1. The predicted octanol–water partition coefficient (Wildman–Crippen LogP) is 3.22. The van der Waals surface area contributed by atoms with Gasteiger partial charge in [-0.05, 0) is 41.3 Å². The maximum Gasteiger partial charge on any atom is 0.271 e. The van der Waals surface area contributed by atoms with Crippen molar-refractivity contribution in [1.29, 1.82) is 0 Å². The first-order chi connectivity index (χ1) is 12.3. The van der Waals surface area contributed by atoms with Gasteiger partial charge in [-0.1, -0.05) is 26.8 Å². The van der Waals surface area contributed by atoms with E-state index in [-0.39, 0.29) is 17.1 Å². The zero-order valence-electron chi connectivity index (χ0n) is 15.1. The van der Waals surface area contributed by atoms with Gasteiger partial charge in [-0.3, -0.25) is 4.79 Å². The maximum atomic E-state index is 12.2. The number of carbonyl (C=O) groups excluding carboxylic acids is 1. The molecule has 0 spiro atoms. The third-order valence-electron chi connectivity index (χ3n) is 4.07. The third kappa shape index (κ3) is 3.96. The van der Waals surface area contributed by atoms with E-state index in [0.717, 1.165) is 5.56 Å². The van der Waals surface area contributed by atoms with Gasteiger partial charge in [-0.25, -0.2) is 5.43 Å². The second-order valence-electron chi connectivity index (χ2n) is 7.08. The Morgan fingerprint density at radius 2 is 1.85 bits per heavy atom. The van der Waals surface area contributed by atoms with Crippen molar-refractivity contribution < 1.29 is 19.4 Å². The van der Waals surface area contributed by atoms with Crippen LogP contribution in [0.2, 0.25) is 0 Å². The SMILES string of the molecule is CC(C)(C)c1ccc(O)c(/C=N\NC(=O)c2ccc3c(c2)OCCO3)c1. The van der Waals surface area contributed by atoms with Crippen LogP contribution in [0.4, 0.5) is 0 Å². The highest BCUT2D eigenvalue weighted by Crippen LogP contribution is 2.30. The van der Waals surface area contributed by atoms with Crippen molar-refractivity contribution in [3.05, 3.63) is 53.1 Å². The number of amides is 1. The van der Waals surface area contributed by atoms with E-state index in [2.05, 4.69) is 31.3 Å². The van der Waals surface area contributed by atoms with Gasteiger partial charge in [0.2, 0.25) is 0 Å². The number of nitrogens with one attached hydrogen (secondary N) is 1. The van der Waals surface area contributed by atoms with Crippen molar-refractivity contribution >= 4 is 12.1 Å². The highest BCUT2D eigenvalue weighted by Gasteiger charge is 2.16. The maximum absolute atomic E-state index is 12.2. The Bertz CT molecular complexity index is 853. The lowest BCUT2D eigenvalue weighted by Crippen LogP contribution is -2.19. The molecule has 136 valence electrons. The monoisotopic (exact) mass is 354 g/mol. The molecule has 0 saturated heterocycles. The second kappa shape index (κ2) is 7.07. The fraction of sp³-hybridized carbons (Fsp3) is 0.300. The van der Waals surface area contributed by atoms with Crippen LogP contribution in [0.1, 0.15) is 42.3 Å². The summed E-state index contributed by atoms with van der Waals surface area (Å²) in [6.07, 6.45) is 1.43. The first-order valence-electron chi connectivity index (χ1n) is 8.41. The smallest absolute Gasteiger partial charge is 0.271 e. The van der Waals surface area contributed by atoms with E-state index < -0.39 is 0 Å². The number of fused-ring (bicyclic) bond motifs is 1. The molecule has 2 N–H and O–H groups in total. The minimum absolute atomic E-state index is 0.0509. The highest BCUT2D eigenvalue weighted by molar-refractivity contribution is 5.95. The van der Waals surface area contributed by atoms with Crippen LogP contribution in [0.25, 0.3) is 0 Å². The van der Waals surface area contributed by atoms with Crippen LogP contribution < -0.4 is 14.9 Å². The summed E-state index contributed by atoms with van der Waals surface area (Å²) in [5.41, 5.74) is 4.43. The van der Waals surface area contributed by atoms with Gasteiger partial charge in [0.15, 0.2) is 11.5 Å². The van der Waals surface area contributed by atoms with Crippen molar-refractivity contribution in [2.75, 3.05) is 13.2 Å². The van der Waals surface area contributed by atoms with E-state index in [0.29, 0.717) is 35.8 Å². The number of phenolic OH excluding ortho intramolecular Hbond substituents is 1. The summed E-state index contributed by atoms with van der Waals surface area (Å²) in [5.74, 6) is 0.906. The zero-order chi connectivity index (χ0) is 18.7. The first kappa shape index (κ1) is 17.8. The quantitative estimate of drug-likeness (QED) is 0.655. The number of ether oxygens (including phenoxy) is 2. The molecule has 0 bridgehead atoms. The van der Waals surface area contributed by atoms with E-state index in [1.54, 1.807) is 24.3 Å². The van der Waals surface area contributed by atoms with Gasteiger partial charge in [0.1, 0.15) is 19.0 Å². The van der Waals surface area contributed by atoms with Gasteiger partial charge in [-0.2, -0.15) is 5.10 Å². The van der Waals surface area contributed by atoms with Crippen LogP contribution in [0.5, 0.6) is 17.2 Å². The molecule has 0 aliphatic carbocycles. The molecular weight excluding hydrogens is 332 g/mol. The Balaban J connectivity index is 1.71. The fourth-order valence-corrected chi connectivity index (χ4v) is 2.53. The molecule has 1 aliphatic rings. The molecule has 3 rings (SSSR count). The predicted molar refractivity (Wildman–Crippen MR) is 99.3 cm³/mol. The summed E-state index contributed by atoms with van der Waals surface area (Å²) in [7, 11) is 0. The molecule has 1 heterocycles. The van der Waals surface area contributed by atoms with Crippen LogP contribution in [0.15, 0.2) is 41.5 Å². The average Bonchev–Trinajstić information content (AvgIpc) is 2.61. The Kier molecular flexibility index (Phi) is 4.84. The number of nitrogens with zero attached hydrogens (tertiary/aromatic N) is 1. The van der Waals surface area contributed by atoms with Crippen LogP contribution >= 0.6 is 0 Å². The lowest BCUT2D eigenvalue weighted by Gasteiger charge is -2.19. The second-order valence-corrected chi connectivity index (χ2v) is 7.08. The molecule has 6 nitrogen and oxygen atoms in total. The molecule has 1 amide bonds. The largest absolute Gasteiger partial charge is 0.507 e. The topological polar surface area (TPSA) is 80.2 Å². The molecule has 0 atom stereocenters. The highest BCUT2D eigenvalue weighted by atomic mass is 16.6. The van der Waals surface area contributed by atoms with E-state index in [4.69, 9.17) is 9.47 Å². The number of rotatable bonds is 3. The molecule has 1 aliphatic heterocycles. The number of hydrogen-bond acceptors (Lipinski definition) is 5. The van der Waals surface area contributed by atoms with Crippen LogP contribution in [-0.2, 0) is 5.41 Å². The van der Waals surface area contributed by atoms with Gasteiger partial charge in [0.05, 0.1) is 6.21 Å². The molecule has 6 heteroatoms. The van der Waals surface area contributed by atoms with Gasteiger partial charge in [0, 0.05) is 11.1 Å². The Morgan fingerprint density at radius 1 is 1.12 bits per heavy atom. The minimum atomic E-state index is -0.371. The number of hydrogen-bond donors (Lipinski definition) is 2. The summed E-state index contributed by atoms with van der Waals surface area (Å²) in [5, 5.41) is 13.9. The van der Waals surface area contributed by atoms with Crippen molar-refractivity contribution in [3.8, 4) is 17.2 Å². The van der Waals surface area contributed by atoms with Crippen LogP contribution in [-0.4, -0.2) is 30.4 Å². The summed E-state index contributed by atoms with van der Waals surface area (Å²) in [6, 6.07) is 10.3. The third-order valence-corrected chi connectivity index (χ3v) is 4.07. The molecule has 0 unspecified atom stereocenters. The Labute approximate surface area is 152 Å². The van der Waals surface area contributed by atoms with E-state index >= 15 is 0 Å². The molecule has 2 aromatic carbocycles. The minimum Gasteiger partial charge on any atom is -0.507 e. The zero-order valence-corrected chi connectivity index (χ0v) is 15.1. The first-order valence-corrected chi connectivity index (χ1v) is 8.41. The van der Waals surface area contributed by atoms with Gasteiger partial charge >= 0.3 is 0 Å². The van der Waals surface area contributed by atoms with Crippen molar-refractivity contribution in [1.82, 2.24) is 5.43 Å². The molecule has 0 fully saturated rings. The molecule has 2 aromatic rings. The fourth-order valence-electron chi connectivity index (χ4n) is 2.53. The molecule has 0 aromatic heterocycles. The lowest BCUT2D eigenvalue weighted by atomic mass is 9.86. The van der Waals surface area contributed by atoms with Crippen LogP contribution in [0.3, 0.4) is 0 Å². The van der Waals surface area contributed by atoms with E-state index in [9.17, 15) is 9.90 Å². The van der Waals surface area contributed by atoms with E-state index in [1.165, 1.54) is 6.21 Å². The van der Waals surface area contributed by atoms with Gasteiger partial charge in [0.25, 0.3) is 5.91 Å². The number of phenols is 1. The number of aromatic hydroxyl groups is 1. The molecular formula is C20H22N2O4. The number of carbonyl (C=O) groups is 1. The van der Waals surface area contributed by atoms with Gasteiger partial charge < -0.3 is 14.6 Å². The van der Waals surface area contributed by atoms with Crippen LogP contribution in [0, 0.1) is 0 Å². The standard InChI is InChI=1S/C20H22N2O4/c1-20(2,3)15-5-6-16(23)14(10-15)12-21-22-19(24)13-4-7-17-18(11-13)26-9-8-25-17/h4-7,10-12,23H,8-9H2,1-3H3,(H,22,24)/b21-12-. The van der Waals surface area contributed by atoms with Crippen molar-refractivity contribution in [2.45, 2.75) is 26.2 Å². The lowest BCUT2D eigenvalue weighted by molar-refractivity contribution is 0.0954. The normalized spacial score (nSPS) is 13.7. The summed E-state index contributed by atoms with van der Waals surface area (Å²) in [6.45, 7) is 7.22. The summed E-state index contributed by atoms with van der Waals surface area (Å²) in [4.78, 5) is 12.2. The molecule has 26 heavy (non-hydrogen) atoms. The summed E-state index contributed by atoms with van der Waals surface area (Å²) < 4.78 is 10.9. The molecule has 0 radical (unpaired) electrons.